The molecule has 108 valence electrons. The molecule has 0 radical (unpaired) electrons. The minimum absolute atomic E-state index is 0.644. The van der Waals surface area contributed by atoms with Gasteiger partial charge < -0.3 is 0 Å². The molecular formula is C18H31N. The van der Waals surface area contributed by atoms with E-state index in [0.717, 1.165) is 0 Å². The van der Waals surface area contributed by atoms with Gasteiger partial charge in [0.05, 0.1) is 0 Å². The highest BCUT2D eigenvalue weighted by Gasteiger charge is 2.10. The maximum absolute atomic E-state index is 4.05. The molecule has 0 heterocycles. The summed E-state index contributed by atoms with van der Waals surface area (Å²) < 4.78 is 0. The summed E-state index contributed by atoms with van der Waals surface area (Å²) in [6.07, 6.45) is 17.9. The van der Waals surface area contributed by atoms with Crippen molar-refractivity contribution in [1.82, 2.24) is 0 Å². The van der Waals surface area contributed by atoms with Crippen molar-refractivity contribution in [1.29, 1.82) is 0 Å². The molecule has 0 aromatic heterocycles. The summed E-state index contributed by atoms with van der Waals surface area (Å²) in [7, 11) is 0. The van der Waals surface area contributed by atoms with Crippen LogP contribution in [0, 0.1) is 5.92 Å². The van der Waals surface area contributed by atoms with E-state index in [1.165, 1.54) is 56.9 Å². The van der Waals surface area contributed by atoms with Gasteiger partial charge in [0, 0.05) is 12.4 Å². The summed E-state index contributed by atoms with van der Waals surface area (Å²) in [5, 5.41) is 0. The van der Waals surface area contributed by atoms with E-state index in [2.05, 4.69) is 38.1 Å². The molecule has 1 unspecified atom stereocenters. The number of hydrogen-bond acceptors (Lipinski definition) is 1. The van der Waals surface area contributed by atoms with Crippen molar-refractivity contribution in [2.45, 2.75) is 65.2 Å². The third-order valence-electron chi connectivity index (χ3n) is 3.48. The van der Waals surface area contributed by atoms with Crippen LogP contribution in [-0.2, 0) is 0 Å². The van der Waals surface area contributed by atoms with Crippen LogP contribution in [0.4, 0.5) is 0 Å². The van der Waals surface area contributed by atoms with E-state index in [1.54, 1.807) is 6.20 Å². The second-order valence-corrected chi connectivity index (χ2v) is 5.04. The first-order valence-electron chi connectivity index (χ1n) is 7.76. The minimum Gasteiger partial charge on any atom is -0.265 e. The second-order valence-electron chi connectivity index (χ2n) is 5.04. The summed E-state index contributed by atoms with van der Waals surface area (Å²) in [5.74, 6) is 0.644. The molecule has 0 saturated carbocycles. The molecule has 19 heavy (non-hydrogen) atoms. The van der Waals surface area contributed by atoms with E-state index in [0.29, 0.717) is 5.92 Å². The molecule has 1 heteroatoms. The van der Waals surface area contributed by atoms with Gasteiger partial charge >= 0.3 is 0 Å². The number of unbranched alkanes of at least 4 members (excludes halogenated alkanes) is 4. The lowest BCUT2D eigenvalue weighted by Gasteiger charge is -2.17. The van der Waals surface area contributed by atoms with Crippen molar-refractivity contribution >= 4 is 6.21 Å². The maximum Gasteiger partial charge on any atom is 0.0270 e. The lowest BCUT2D eigenvalue weighted by molar-refractivity contribution is 0.471. The molecule has 0 N–H and O–H groups in total. The van der Waals surface area contributed by atoms with E-state index in [-0.39, 0.29) is 0 Å². The van der Waals surface area contributed by atoms with Crippen LogP contribution in [0.1, 0.15) is 65.2 Å². The molecule has 1 atom stereocenters. The first kappa shape index (κ1) is 17.9. The first-order chi connectivity index (χ1) is 9.29. The molecule has 1 nitrogen and oxygen atoms in total. The Morgan fingerprint density at radius 2 is 1.68 bits per heavy atom. The van der Waals surface area contributed by atoms with Gasteiger partial charge in [-0.05, 0) is 30.4 Å². The summed E-state index contributed by atoms with van der Waals surface area (Å²) in [6, 6.07) is 0. The standard InChI is InChI=1S/C18H31N/c1-5-9-11-12-14-18(13-10-6-2)17(7-3)15-16-19-8-4/h7-8,15-16,18H,3-6,9-14H2,1-2H3/b17-15+,19-16?. The highest BCUT2D eigenvalue weighted by molar-refractivity contribution is 5.73. The van der Waals surface area contributed by atoms with Crippen LogP contribution in [0.3, 0.4) is 0 Å². The Bertz CT molecular complexity index is 286. The van der Waals surface area contributed by atoms with Crippen LogP contribution in [0.2, 0.25) is 0 Å². The largest absolute Gasteiger partial charge is 0.265 e. The molecule has 0 aliphatic carbocycles. The molecular weight excluding hydrogens is 230 g/mol. The maximum atomic E-state index is 4.05. The quantitative estimate of drug-likeness (QED) is 0.229. The van der Waals surface area contributed by atoms with Gasteiger partial charge in [-0.2, -0.15) is 0 Å². The molecule has 0 aromatic rings. The SMILES string of the molecule is C=CN=C/C=C(\C=C)C(CCCC)CCCCCC. The zero-order valence-corrected chi connectivity index (χ0v) is 12.9. The smallest absolute Gasteiger partial charge is 0.0270 e. The van der Waals surface area contributed by atoms with E-state index < -0.39 is 0 Å². The Morgan fingerprint density at radius 1 is 1.00 bits per heavy atom. The summed E-state index contributed by atoms with van der Waals surface area (Å²) >= 11 is 0. The third kappa shape index (κ3) is 9.47. The Labute approximate surface area is 120 Å². The number of allylic oxidation sites excluding steroid dienone is 3. The van der Waals surface area contributed by atoms with Gasteiger partial charge in [-0.3, -0.25) is 4.99 Å². The molecule has 0 bridgehead atoms. The molecule has 0 aliphatic heterocycles. The van der Waals surface area contributed by atoms with Crippen LogP contribution in [0.15, 0.2) is 42.1 Å². The lowest BCUT2D eigenvalue weighted by atomic mass is 9.88. The van der Waals surface area contributed by atoms with Gasteiger partial charge in [-0.1, -0.05) is 71.6 Å². The summed E-state index contributed by atoms with van der Waals surface area (Å²) in [6.45, 7) is 12.1. The molecule has 0 fully saturated rings. The van der Waals surface area contributed by atoms with E-state index in [1.807, 2.05) is 12.3 Å². The predicted molar refractivity (Wildman–Crippen MR) is 88.7 cm³/mol. The fraction of sp³-hybridized carbons (Fsp3) is 0.611. The molecule has 0 aliphatic rings. The van der Waals surface area contributed by atoms with Crippen molar-refractivity contribution in [3.8, 4) is 0 Å². The van der Waals surface area contributed by atoms with E-state index in [4.69, 9.17) is 0 Å². The highest BCUT2D eigenvalue weighted by Crippen LogP contribution is 2.25. The second kappa shape index (κ2) is 13.3. The average Bonchev–Trinajstić information content (AvgIpc) is 2.44. The van der Waals surface area contributed by atoms with E-state index >= 15 is 0 Å². The molecule has 0 rings (SSSR count). The number of rotatable bonds is 12. The molecule has 0 amide bonds. The van der Waals surface area contributed by atoms with Crippen molar-refractivity contribution in [2.75, 3.05) is 0 Å². The zero-order valence-electron chi connectivity index (χ0n) is 12.9. The lowest BCUT2D eigenvalue weighted by Crippen LogP contribution is -2.04. The van der Waals surface area contributed by atoms with Crippen LogP contribution in [0.25, 0.3) is 0 Å². The van der Waals surface area contributed by atoms with Crippen LogP contribution < -0.4 is 0 Å². The van der Waals surface area contributed by atoms with Crippen molar-refractivity contribution in [3.05, 3.63) is 37.1 Å². The van der Waals surface area contributed by atoms with Crippen molar-refractivity contribution in [2.24, 2.45) is 10.9 Å². The highest BCUT2D eigenvalue weighted by atomic mass is 14.6. The summed E-state index contributed by atoms with van der Waals surface area (Å²) in [5.41, 5.74) is 1.33. The van der Waals surface area contributed by atoms with Gasteiger partial charge in [0.15, 0.2) is 0 Å². The normalized spacial score (nSPS) is 13.7. The molecule has 0 spiro atoms. The molecule has 0 saturated heterocycles. The van der Waals surface area contributed by atoms with E-state index in [9.17, 15) is 0 Å². The first-order valence-corrected chi connectivity index (χ1v) is 7.76. The topological polar surface area (TPSA) is 12.4 Å². The summed E-state index contributed by atoms with van der Waals surface area (Å²) in [4.78, 5) is 4.05. The van der Waals surface area contributed by atoms with Crippen LogP contribution >= 0.6 is 0 Å². The third-order valence-corrected chi connectivity index (χ3v) is 3.48. The minimum atomic E-state index is 0.644. The monoisotopic (exact) mass is 261 g/mol. The zero-order chi connectivity index (χ0) is 14.3. The number of nitrogens with zero attached hydrogens (tertiary/aromatic N) is 1. The fourth-order valence-electron chi connectivity index (χ4n) is 2.31. The van der Waals surface area contributed by atoms with Gasteiger partial charge in [-0.15, -0.1) is 0 Å². The van der Waals surface area contributed by atoms with Crippen LogP contribution in [-0.4, -0.2) is 6.21 Å². The molecule has 0 aromatic carbocycles. The fourth-order valence-corrected chi connectivity index (χ4v) is 2.31. The Morgan fingerprint density at radius 3 is 2.26 bits per heavy atom. The predicted octanol–water partition coefficient (Wildman–Crippen LogP) is 6.09. The number of hydrogen-bond donors (Lipinski definition) is 0. The van der Waals surface area contributed by atoms with Gasteiger partial charge in [0.1, 0.15) is 0 Å². The number of aliphatic imine (C=N–C) groups is 1. The Kier molecular flexibility index (Phi) is 12.5. The van der Waals surface area contributed by atoms with Crippen LogP contribution in [0.5, 0.6) is 0 Å². The average molecular weight is 261 g/mol. The van der Waals surface area contributed by atoms with Crippen molar-refractivity contribution < 1.29 is 0 Å². The van der Waals surface area contributed by atoms with Crippen molar-refractivity contribution in [3.63, 3.8) is 0 Å². The van der Waals surface area contributed by atoms with Gasteiger partial charge in [0.2, 0.25) is 0 Å². The Hall–Kier alpha value is -1.11. The van der Waals surface area contributed by atoms with Gasteiger partial charge in [0.25, 0.3) is 0 Å². The Balaban J connectivity index is 4.48. The van der Waals surface area contributed by atoms with Gasteiger partial charge in [-0.25, -0.2) is 0 Å².